The van der Waals surface area contributed by atoms with Gasteiger partial charge in [-0.1, -0.05) is 71.1 Å². The zero-order valence-electron chi connectivity index (χ0n) is 17.1. The minimum absolute atomic E-state index is 0.126. The van der Waals surface area contributed by atoms with Crippen molar-refractivity contribution in [3.8, 4) is 0 Å². The van der Waals surface area contributed by atoms with E-state index in [-0.39, 0.29) is 24.3 Å². The smallest absolute Gasteiger partial charge is 0.309 e. The van der Waals surface area contributed by atoms with Crippen LogP contribution in [0.4, 0.5) is 0 Å². The maximum Gasteiger partial charge on any atom is 0.309 e. The highest BCUT2D eigenvalue weighted by Crippen LogP contribution is 2.18. The van der Waals surface area contributed by atoms with Crippen LogP contribution in [0.15, 0.2) is 0 Å². The first-order valence-corrected chi connectivity index (χ1v) is 9.73. The number of unbranched alkanes of at least 4 members (excludes halogenated alkanes) is 9. The second-order valence-corrected chi connectivity index (χ2v) is 6.49. The van der Waals surface area contributed by atoms with Gasteiger partial charge in [0.25, 0.3) is 5.97 Å². The summed E-state index contributed by atoms with van der Waals surface area (Å²) in [6.07, 6.45) is 13.4. The minimum atomic E-state index is -0.833. The first kappa shape index (κ1) is 26.6. The molecule has 0 aromatic carbocycles. The summed E-state index contributed by atoms with van der Waals surface area (Å²) in [5.41, 5.74) is 0. The van der Waals surface area contributed by atoms with E-state index in [9.17, 15) is 9.59 Å². The van der Waals surface area contributed by atoms with E-state index < -0.39 is 5.97 Å². The molecular weight excluding hydrogens is 336 g/mol. The molecule has 1 atom stereocenters. The van der Waals surface area contributed by atoms with Gasteiger partial charge in [-0.05, 0) is 6.42 Å². The lowest BCUT2D eigenvalue weighted by molar-refractivity contribution is -0.152. The van der Waals surface area contributed by atoms with Crippen molar-refractivity contribution >= 4 is 17.9 Å². The van der Waals surface area contributed by atoms with Gasteiger partial charge < -0.3 is 14.6 Å². The van der Waals surface area contributed by atoms with Gasteiger partial charge in [-0.25, -0.2) is 0 Å². The Labute approximate surface area is 158 Å². The van der Waals surface area contributed by atoms with E-state index in [2.05, 4.69) is 11.7 Å². The molecule has 0 saturated heterocycles. The number of rotatable bonds is 14. The first-order chi connectivity index (χ1) is 12.4. The van der Waals surface area contributed by atoms with Crippen LogP contribution in [0, 0.1) is 5.92 Å². The number of hydrogen-bond donors (Lipinski definition) is 1. The van der Waals surface area contributed by atoms with E-state index in [4.69, 9.17) is 14.6 Å². The van der Waals surface area contributed by atoms with E-state index in [0.717, 1.165) is 19.8 Å². The number of carboxylic acid groups (broad SMARTS) is 1. The van der Waals surface area contributed by atoms with Crippen molar-refractivity contribution in [3.63, 3.8) is 0 Å². The van der Waals surface area contributed by atoms with Crippen molar-refractivity contribution in [3.05, 3.63) is 0 Å². The van der Waals surface area contributed by atoms with Crippen LogP contribution >= 0.6 is 0 Å². The first-order valence-electron chi connectivity index (χ1n) is 9.73. The molecule has 26 heavy (non-hydrogen) atoms. The summed E-state index contributed by atoms with van der Waals surface area (Å²) < 4.78 is 9.38. The SMILES string of the molecule is CC(=O)O.CCCCCCCCCCCCC(CC(=O)OC)C(=O)OC. The minimum Gasteiger partial charge on any atom is -0.481 e. The summed E-state index contributed by atoms with van der Waals surface area (Å²) in [5, 5.41) is 7.42. The average Bonchev–Trinajstić information content (AvgIpc) is 2.60. The Hall–Kier alpha value is -1.59. The molecule has 0 aliphatic heterocycles. The van der Waals surface area contributed by atoms with Crippen molar-refractivity contribution in [2.75, 3.05) is 14.2 Å². The molecule has 0 aromatic rings. The van der Waals surface area contributed by atoms with Gasteiger partial charge in [0.2, 0.25) is 0 Å². The summed E-state index contributed by atoms with van der Waals surface area (Å²) >= 11 is 0. The molecule has 0 aromatic heterocycles. The molecule has 0 spiro atoms. The fraction of sp³-hybridized carbons (Fsp3) is 0.850. The molecule has 0 amide bonds. The molecule has 6 nitrogen and oxygen atoms in total. The van der Waals surface area contributed by atoms with E-state index in [1.54, 1.807) is 0 Å². The van der Waals surface area contributed by atoms with Gasteiger partial charge in [-0.2, -0.15) is 0 Å². The molecule has 1 unspecified atom stereocenters. The molecule has 0 bridgehead atoms. The number of aliphatic carboxylic acids is 1. The number of carbonyl (C=O) groups excluding carboxylic acids is 2. The van der Waals surface area contributed by atoms with Gasteiger partial charge in [-0.15, -0.1) is 0 Å². The monoisotopic (exact) mass is 374 g/mol. The number of esters is 2. The fourth-order valence-corrected chi connectivity index (χ4v) is 2.63. The molecule has 0 rings (SSSR count). The van der Waals surface area contributed by atoms with Gasteiger partial charge in [0.15, 0.2) is 0 Å². The normalized spacial score (nSPS) is 11.1. The highest BCUT2D eigenvalue weighted by Gasteiger charge is 2.22. The number of carbonyl (C=O) groups is 3. The van der Waals surface area contributed by atoms with E-state index in [1.807, 2.05) is 0 Å². The lowest BCUT2D eigenvalue weighted by Gasteiger charge is -2.13. The van der Waals surface area contributed by atoms with Gasteiger partial charge >= 0.3 is 11.9 Å². The molecule has 0 aliphatic rings. The maximum absolute atomic E-state index is 11.6. The molecule has 154 valence electrons. The zero-order chi connectivity index (χ0) is 20.2. The van der Waals surface area contributed by atoms with Crippen molar-refractivity contribution in [2.24, 2.45) is 5.92 Å². The molecule has 1 N–H and O–H groups in total. The van der Waals surface area contributed by atoms with Gasteiger partial charge in [0, 0.05) is 6.92 Å². The quantitative estimate of drug-likeness (QED) is 0.349. The molecule has 0 heterocycles. The maximum atomic E-state index is 11.6. The molecule has 6 heteroatoms. The Bertz CT molecular complexity index is 363. The molecule has 0 radical (unpaired) electrons. The Morgan fingerprint density at radius 1 is 0.808 bits per heavy atom. The van der Waals surface area contributed by atoms with Crippen LogP contribution in [0.25, 0.3) is 0 Å². The van der Waals surface area contributed by atoms with Crippen molar-refractivity contribution in [2.45, 2.75) is 90.9 Å². The number of hydrogen-bond acceptors (Lipinski definition) is 5. The van der Waals surface area contributed by atoms with Crippen LogP contribution in [-0.2, 0) is 23.9 Å². The van der Waals surface area contributed by atoms with Crippen LogP contribution in [0.5, 0.6) is 0 Å². The van der Waals surface area contributed by atoms with Crippen molar-refractivity contribution < 1.29 is 29.0 Å². The predicted octanol–water partition coefficient (Wildman–Crippen LogP) is 4.74. The van der Waals surface area contributed by atoms with Crippen LogP contribution in [0.2, 0.25) is 0 Å². The lowest BCUT2D eigenvalue weighted by Crippen LogP contribution is -2.20. The third kappa shape index (κ3) is 20.5. The summed E-state index contributed by atoms with van der Waals surface area (Å²) in [6.45, 7) is 3.32. The van der Waals surface area contributed by atoms with Crippen LogP contribution in [-0.4, -0.2) is 37.2 Å². The van der Waals surface area contributed by atoms with Gasteiger partial charge in [0.1, 0.15) is 0 Å². The van der Waals surface area contributed by atoms with Gasteiger partial charge in [-0.3, -0.25) is 14.4 Å². The van der Waals surface area contributed by atoms with E-state index in [0.29, 0.717) is 6.42 Å². The average molecular weight is 375 g/mol. The standard InChI is InChI=1S/C18H34O4.C2H4O2/c1-4-5-6-7-8-9-10-11-12-13-14-16(18(20)22-3)15-17(19)21-2;1-2(3)4/h16H,4-15H2,1-3H3;1H3,(H,3,4). The van der Waals surface area contributed by atoms with Crippen molar-refractivity contribution in [1.29, 1.82) is 0 Å². The summed E-state index contributed by atoms with van der Waals surface area (Å²) in [5.74, 6) is -1.84. The highest BCUT2D eigenvalue weighted by atomic mass is 16.5. The molecular formula is C20H38O6. The Morgan fingerprint density at radius 2 is 1.23 bits per heavy atom. The van der Waals surface area contributed by atoms with Gasteiger partial charge in [0.05, 0.1) is 26.6 Å². The number of carboxylic acids is 1. The van der Waals surface area contributed by atoms with Crippen molar-refractivity contribution in [1.82, 2.24) is 0 Å². The third-order valence-electron chi connectivity index (χ3n) is 4.08. The van der Waals surface area contributed by atoms with Crippen LogP contribution in [0.3, 0.4) is 0 Å². The third-order valence-corrected chi connectivity index (χ3v) is 4.08. The molecule has 0 fully saturated rings. The van der Waals surface area contributed by atoms with Crippen LogP contribution < -0.4 is 0 Å². The topological polar surface area (TPSA) is 89.9 Å². The fourth-order valence-electron chi connectivity index (χ4n) is 2.63. The number of methoxy groups -OCH3 is 2. The summed E-state index contributed by atoms with van der Waals surface area (Å²) in [6, 6.07) is 0. The van der Waals surface area contributed by atoms with E-state index >= 15 is 0 Å². The largest absolute Gasteiger partial charge is 0.481 e. The summed E-state index contributed by atoms with van der Waals surface area (Å²) in [7, 11) is 2.71. The van der Waals surface area contributed by atoms with E-state index in [1.165, 1.54) is 65.6 Å². The summed E-state index contributed by atoms with van der Waals surface area (Å²) in [4.78, 5) is 31.9. The highest BCUT2D eigenvalue weighted by molar-refractivity contribution is 5.79. The molecule has 0 aliphatic carbocycles. The molecule has 0 saturated carbocycles. The Kier molecular flexibility index (Phi) is 20.2. The van der Waals surface area contributed by atoms with Crippen LogP contribution in [0.1, 0.15) is 90.9 Å². The Morgan fingerprint density at radius 3 is 1.62 bits per heavy atom. The Balaban J connectivity index is 0. The number of ether oxygens (including phenoxy) is 2. The zero-order valence-corrected chi connectivity index (χ0v) is 17.1. The second kappa shape index (κ2) is 19.7. The lowest BCUT2D eigenvalue weighted by atomic mass is 9.97. The predicted molar refractivity (Wildman–Crippen MR) is 102 cm³/mol. The second-order valence-electron chi connectivity index (χ2n) is 6.49.